The van der Waals surface area contributed by atoms with Gasteiger partial charge in [0, 0.05) is 42.2 Å². The van der Waals surface area contributed by atoms with Crippen molar-refractivity contribution in [2.45, 2.75) is 48.2 Å². The van der Waals surface area contributed by atoms with Gasteiger partial charge in [-0.3, -0.25) is 4.40 Å². The molecule has 0 amide bonds. The number of rotatable bonds is 5. The fourth-order valence-electron chi connectivity index (χ4n) is 5.75. The Hall–Kier alpha value is -3.45. The highest BCUT2D eigenvalue weighted by atomic mass is 32.2. The number of nitrogens with two attached hydrogens (primary N) is 1. The van der Waals surface area contributed by atoms with E-state index in [1.807, 2.05) is 17.8 Å². The van der Waals surface area contributed by atoms with Crippen LogP contribution in [0, 0.1) is 6.92 Å². The van der Waals surface area contributed by atoms with Crippen LogP contribution in [0.1, 0.15) is 36.3 Å². The Labute approximate surface area is 204 Å². The third kappa shape index (κ3) is 3.25. The Balaban J connectivity index is 1.33. The van der Waals surface area contributed by atoms with Gasteiger partial charge in [0.1, 0.15) is 5.82 Å². The summed E-state index contributed by atoms with van der Waals surface area (Å²) in [7, 11) is -1.97. The summed E-state index contributed by atoms with van der Waals surface area (Å²) in [4.78, 5) is 12.0. The van der Waals surface area contributed by atoms with Crippen LogP contribution >= 0.6 is 0 Å². The van der Waals surface area contributed by atoms with Crippen molar-refractivity contribution in [3.8, 4) is 11.3 Å². The average molecular weight is 518 g/mol. The second-order valence-corrected chi connectivity index (χ2v) is 11.6. The Morgan fingerprint density at radius 1 is 1.17 bits per heavy atom. The van der Waals surface area contributed by atoms with E-state index in [4.69, 9.17) is 5.73 Å². The molecule has 0 unspecified atom stereocenters. The zero-order valence-electron chi connectivity index (χ0n) is 19.3. The quantitative estimate of drug-likeness (QED) is 0.420. The summed E-state index contributed by atoms with van der Waals surface area (Å²) in [5.74, 6) is 0.588. The predicted octanol–water partition coefficient (Wildman–Crippen LogP) is 3.19. The number of hydrogen-bond donors (Lipinski definition) is 2. The minimum absolute atomic E-state index is 0.0203. The number of halogens is 3. The summed E-state index contributed by atoms with van der Waals surface area (Å²) in [6.07, 6.45) is 3.09. The maximum atomic E-state index is 13.3. The van der Waals surface area contributed by atoms with Crippen LogP contribution in [0.25, 0.3) is 16.9 Å². The molecule has 4 aromatic rings. The highest BCUT2D eigenvalue weighted by Gasteiger charge is 2.71. The number of anilines is 1. The number of nitrogens with zero attached hydrogens (tertiary/aromatic N) is 5. The zero-order chi connectivity index (χ0) is 25.7. The van der Waals surface area contributed by atoms with Crippen molar-refractivity contribution < 1.29 is 21.6 Å². The molecule has 3 heterocycles. The molecule has 2 bridgehead atoms. The molecule has 0 spiro atoms. The van der Waals surface area contributed by atoms with Crippen LogP contribution < -0.4 is 10.5 Å². The first kappa shape index (κ1) is 23.0. The summed E-state index contributed by atoms with van der Waals surface area (Å²) in [6, 6.07) is 4.56. The standard InChI is InChI=1S/C23H22F3N7O2S/c1-13-3-4-14(36(34,35)31-22-10-21(11-22,12-22)20-28-5-6-32(20)2)7-15(13)16-8-29-19-18(27)30-17(9-33(16)19)23(24,25)26/h3-9,31H,10-12H2,1-2H3,(H2,27,30). The van der Waals surface area contributed by atoms with E-state index >= 15 is 0 Å². The molecule has 0 saturated heterocycles. The lowest BCUT2D eigenvalue weighted by Gasteiger charge is -2.69. The number of nitrogens with one attached hydrogen (secondary N) is 1. The van der Waals surface area contributed by atoms with Crippen LogP contribution in [-0.4, -0.2) is 37.9 Å². The first-order valence-electron chi connectivity index (χ1n) is 11.2. The van der Waals surface area contributed by atoms with Crippen molar-refractivity contribution in [2.75, 3.05) is 5.73 Å². The zero-order valence-corrected chi connectivity index (χ0v) is 20.2. The number of aryl methyl sites for hydroxylation is 2. The van der Waals surface area contributed by atoms with Crippen molar-refractivity contribution in [3.05, 3.63) is 60.1 Å². The molecule has 13 heteroatoms. The molecule has 3 N–H and O–H groups in total. The number of aromatic nitrogens is 5. The van der Waals surface area contributed by atoms with Crippen molar-refractivity contribution in [2.24, 2.45) is 7.05 Å². The van der Waals surface area contributed by atoms with Crippen LogP contribution in [0.5, 0.6) is 0 Å². The minimum Gasteiger partial charge on any atom is -0.381 e. The summed E-state index contributed by atoms with van der Waals surface area (Å²) >= 11 is 0. The van der Waals surface area contributed by atoms with E-state index in [0.717, 1.165) is 12.0 Å². The normalized spacial score (nSPS) is 23.5. The van der Waals surface area contributed by atoms with Gasteiger partial charge in [0.2, 0.25) is 10.0 Å². The van der Waals surface area contributed by atoms with E-state index in [2.05, 4.69) is 19.7 Å². The van der Waals surface area contributed by atoms with Crippen molar-refractivity contribution in [3.63, 3.8) is 0 Å². The lowest BCUT2D eigenvalue weighted by Crippen LogP contribution is -2.77. The molecule has 0 aliphatic heterocycles. The number of imidazole rings is 2. The summed E-state index contributed by atoms with van der Waals surface area (Å²) < 4.78 is 72.7. The second kappa shape index (κ2) is 7.07. The molecule has 3 fully saturated rings. The van der Waals surface area contributed by atoms with Gasteiger partial charge >= 0.3 is 6.18 Å². The summed E-state index contributed by atoms with van der Waals surface area (Å²) in [5.41, 5.74) is 5.37. The Morgan fingerprint density at radius 2 is 1.89 bits per heavy atom. The summed E-state index contributed by atoms with van der Waals surface area (Å²) in [6.45, 7) is 1.74. The van der Waals surface area contributed by atoms with E-state index in [1.165, 1.54) is 22.7 Å². The van der Waals surface area contributed by atoms with Gasteiger partial charge in [-0.15, -0.1) is 0 Å². The van der Waals surface area contributed by atoms with Crippen LogP contribution in [0.3, 0.4) is 0 Å². The molecule has 188 valence electrons. The van der Waals surface area contributed by atoms with Gasteiger partial charge in [-0.05, 0) is 43.9 Å². The molecule has 3 aliphatic carbocycles. The van der Waals surface area contributed by atoms with Crippen LogP contribution in [0.4, 0.5) is 19.0 Å². The van der Waals surface area contributed by atoms with E-state index in [9.17, 15) is 21.6 Å². The molecule has 7 rings (SSSR count). The first-order valence-corrected chi connectivity index (χ1v) is 12.6. The fraction of sp³-hybridized carbons (Fsp3) is 0.348. The Kier molecular flexibility index (Phi) is 4.51. The molecule has 3 aliphatic rings. The molecule has 9 nitrogen and oxygen atoms in total. The third-order valence-electron chi connectivity index (χ3n) is 7.28. The molecule has 3 aromatic heterocycles. The molecular weight excluding hydrogens is 495 g/mol. The lowest BCUT2D eigenvalue weighted by atomic mass is 9.39. The molecule has 36 heavy (non-hydrogen) atoms. The maximum absolute atomic E-state index is 13.3. The van der Waals surface area contributed by atoms with Crippen molar-refractivity contribution in [1.82, 2.24) is 28.6 Å². The summed E-state index contributed by atoms with van der Waals surface area (Å²) in [5, 5.41) is 0. The van der Waals surface area contributed by atoms with Gasteiger partial charge in [0.15, 0.2) is 17.2 Å². The van der Waals surface area contributed by atoms with Crippen molar-refractivity contribution >= 4 is 21.5 Å². The number of hydrogen-bond acceptors (Lipinski definition) is 6. The van der Waals surface area contributed by atoms with Gasteiger partial charge in [0.25, 0.3) is 0 Å². The number of alkyl halides is 3. The third-order valence-corrected chi connectivity index (χ3v) is 8.86. The van der Waals surface area contributed by atoms with Gasteiger partial charge < -0.3 is 10.3 Å². The lowest BCUT2D eigenvalue weighted by molar-refractivity contribution is -0.141. The molecule has 0 atom stereocenters. The minimum atomic E-state index is -4.71. The Bertz CT molecular complexity index is 1640. The molecule has 1 aromatic carbocycles. The SMILES string of the molecule is Cc1ccc(S(=O)(=O)NC23CC(c4nccn4C)(C2)C3)cc1-c1cnc2c(N)nc(C(F)(F)F)cn12. The van der Waals surface area contributed by atoms with Crippen LogP contribution in [0.15, 0.2) is 47.9 Å². The predicted molar refractivity (Wildman–Crippen MR) is 124 cm³/mol. The monoisotopic (exact) mass is 517 g/mol. The molecule has 3 saturated carbocycles. The van der Waals surface area contributed by atoms with Crippen LogP contribution in [-0.2, 0) is 28.7 Å². The van der Waals surface area contributed by atoms with E-state index in [-0.39, 0.29) is 27.5 Å². The molecule has 0 radical (unpaired) electrons. The van der Waals surface area contributed by atoms with E-state index in [1.54, 1.807) is 19.2 Å². The highest BCUT2D eigenvalue weighted by Crippen LogP contribution is 2.67. The van der Waals surface area contributed by atoms with Gasteiger partial charge in [-0.1, -0.05) is 6.07 Å². The largest absolute Gasteiger partial charge is 0.434 e. The maximum Gasteiger partial charge on any atom is 0.434 e. The van der Waals surface area contributed by atoms with Gasteiger partial charge in [0.05, 0.1) is 16.8 Å². The number of nitrogen functional groups attached to an aromatic ring is 1. The molecular formula is C23H22F3N7O2S. The number of sulfonamides is 1. The van der Waals surface area contributed by atoms with Crippen molar-refractivity contribution in [1.29, 1.82) is 0 Å². The van der Waals surface area contributed by atoms with Gasteiger partial charge in [-0.2, -0.15) is 13.2 Å². The van der Waals surface area contributed by atoms with Crippen LogP contribution in [0.2, 0.25) is 0 Å². The van der Waals surface area contributed by atoms with E-state index < -0.39 is 27.4 Å². The average Bonchev–Trinajstić information content (AvgIpc) is 3.36. The highest BCUT2D eigenvalue weighted by molar-refractivity contribution is 7.89. The van der Waals surface area contributed by atoms with E-state index in [0.29, 0.717) is 30.4 Å². The topological polar surface area (TPSA) is 120 Å². The Morgan fingerprint density at radius 3 is 2.53 bits per heavy atom. The number of fused-ring (bicyclic) bond motifs is 1. The second-order valence-electron chi connectivity index (χ2n) is 9.88. The number of benzene rings is 1. The smallest absolute Gasteiger partial charge is 0.381 e. The van der Waals surface area contributed by atoms with Gasteiger partial charge in [-0.25, -0.2) is 28.1 Å². The first-order chi connectivity index (χ1) is 16.8. The fourth-order valence-corrected chi connectivity index (χ4v) is 7.17.